The van der Waals surface area contributed by atoms with E-state index in [2.05, 4.69) is 27.7 Å². The van der Waals surface area contributed by atoms with Crippen LogP contribution < -0.4 is 0 Å². The molecule has 0 bridgehead atoms. The summed E-state index contributed by atoms with van der Waals surface area (Å²) in [5, 5.41) is 0. The molecule has 0 spiro atoms. The highest BCUT2D eigenvalue weighted by Gasteiger charge is 2.19. The molecule has 0 aliphatic rings. The van der Waals surface area contributed by atoms with Crippen LogP contribution >= 0.6 is 0 Å². The van der Waals surface area contributed by atoms with Crippen molar-refractivity contribution in [2.45, 2.75) is 246 Å². The first kappa shape index (κ1) is 48.4. The van der Waals surface area contributed by atoms with E-state index in [-0.39, 0.29) is 31.1 Å². The van der Waals surface area contributed by atoms with Crippen molar-refractivity contribution in [3.63, 3.8) is 0 Å². The van der Waals surface area contributed by atoms with Gasteiger partial charge in [-0.2, -0.15) is 0 Å². The minimum Gasteiger partial charge on any atom is -0.462 e. The largest absolute Gasteiger partial charge is 0.462 e. The number of esters is 3. The summed E-state index contributed by atoms with van der Waals surface area (Å²) in [4.78, 5) is 37.3. The van der Waals surface area contributed by atoms with Gasteiger partial charge in [0.1, 0.15) is 13.2 Å². The lowest BCUT2D eigenvalue weighted by atomic mass is 10.0. The Kier molecular flexibility index (Phi) is 37.4. The summed E-state index contributed by atoms with van der Waals surface area (Å²) < 4.78 is 16.5. The molecule has 296 valence electrons. The highest BCUT2D eigenvalue weighted by molar-refractivity contribution is 5.71. The fourth-order valence-corrected chi connectivity index (χ4v) is 6.45. The summed E-state index contributed by atoms with van der Waals surface area (Å²) in [5.74, 6) is -0.0242. The molecule has 0 radical (unpaired) electrons. The maximum absolute atomic E-state index is 12.6. The third-order valence-corrected chi connectivity index (χ3v) is 9.79. The number of ether oxygens (including phenoxy) is 3. The van der Waals surface area contributed by atoms with E-state index in [4.69, 9.17) is 14.2 Å². The summed E-state index contributed by atoms with van der Waals surface area (Å²) in [6.45, 7) is 8.90. The minimum atomic E-state index is -0.756. The van der Waals surface area contributed by atoms with Crippen LogP contribution in [0.3, 0.4) is 0 Å². The molecule has 0 aromatic heterocycles. The monoisotopic (exact) mass is 709 g/mol. The molecular formula is C44H84O6. The normalized spacial score (nSPS) is 11.9. The zero-order chi connectivity index (χ0) is 36.8. The molecule has 0 rings (SSSR count). The van der Waals surface area contributed by atoms with Crippen molar-refractivity contribution in [3.8, 4) is 0 Å². The third kappa shape index (κ3) is 37.7. The maximum Gasteiger partial charge on any atom is 0.306 e. The molecule has 0 aliphatic heterocycles. The van der Waals surface area contributed by atoms with Crippen LogP contribution in [0.15, 0.2) is 0 Å². The number of hydrogen-bond acceptors (Lipinski definition) is 6. The van der Waals surface area contributed by atoms with Crippen molar-refractivity contribution < 1.29 is 28.6 Å². The second kappa shape index (κ2) is 38.6. The number of rotatable bonds is 39. The predicted molar refractivity (Wildman–Crippen MR) is 210 cm³/mol. The van der Waals surface area contributed by atoms with Crippen LogP contribution in [0.25, 0.3) is 0 Å². The topological polar surface area (TPSA) is 78.9 Å². The Bertz CT molecular complexity index is 751. The average molecular weight is 709 g/mol. The minimum absolute atomic E-state index is 0.0651. The molecular weight excluding hydrogens is 624 g/mol. The number of unbranched alkanes of at least 4 members (excludes halogenated alkanes) is 26. The van der Waals surface area contributed by atoms with Crippen molar-refractivity contribution >= 4 is 17.9 Å². The molecule has 6 nitrogen and oxygen atoms in total. The van der Waals surface area contributed by atoms with Crippen LogP contribution in [-0.2, 0) is 28.6 Å². The van der Waals surface area contributed by atoms with E-state index >= 15 is 0 Å². The van der Waals surface area contributed by atoms with Crippen LogP contribution in [0, 0.1) is 5.92 Å². The Morgan fingerprint density at radius 2 is 0.660 bits per heavy atom. The molecule has 0 N–H and O–H groups in total. The smallest absolute Gasteiger partial charge is 0.306 e. The molecule has 50 heavy (non-hydrogen) atoms. The van der Waals surface area contributed by atoms with E-state index < -0.39 is 6.10 Å². The Morgan fingerprint density at radius 3 is 0.980 bits per heavy atom. The predicted octanol–water partition coefficient (Wildman–Crippen LogP) is 13.6. The van der Waals surface area contributed by atoms with Gasteiger partial charge in [0, 0.05) is 19.3 Å². The number of carbonyl (C=O) groups is 3. The molecule has 0 aliphatic carbocycles. The highest BCUT2D eigenvalue weighted by atomic mass is 16.6. The first-order valence-electron chi connectivity index (χ1n) is 21.9. The molecule has 0 fully saturated rings. The summed E-state index contributed by atoms with van der Waals surface area (Å²) >= 11 is 0. The maximum atomic E-state index is 12.6. The second-order valence-electron chi connectivity index (χ2n) is 15.5. The van der Waals surface area contributed by atoms with E-state index in [9.17, 15) is 14.4 Å². The van der Waals surface area contributed by atoms with Gasteiger partial charge in [0.05, 0.1) is 0 Å². The van der Waals surface area contributed by atoms with Gasteiger partial charge in [-0.1, -0.05) is 201 Å². The van der Waals surface area contributed by atoms with Crippen LogP contribution in [-0.4, -0.2) is 37.2 Å². The zero-order valence-corrected chi connectivity index (χ0v) is 33.9. The van der Waals surface area contributed by atoms with Crippen molar-refractivity contribution in [2.75, 3.05) is 13.2 Å². The molecule has 0 amide bonds. The summed E-state index contributed by atoms with van der Waals surface area (Å²) in [5.41, 5.74) is 0. The fraction of sp³-hybridized carbons (Fsp3) is 0.932. The molecule has 0 unspecified atom stereocenters. The molecule has 1 atom stereocenters. The summed E-state index contributed by atoms with van der Waals surface area (Å²) in [6.07, 6.45) is 36.9. The first-order valence-corrected chi connectivity index (χ1v) is 21.9. The van der Waals surface area contributed by atoms with Crippen LogP contribution in [0.4, 0.5) is 0 Å². The number of carbonyl (C=O) groups excluding carboxylic acids is 3. The Balaban J connectivity index is 4.10. The molecule has 0 aromatic carbocycles. The van der Waals surface area contributed by atoms with Gasteiger partial charge in [-0.05, 0) is 25.2 Å². The van der Waals surface area contributed by atoms with Gasteiger partial charge < -0.3 is 14.2 Å². The molecule has 0 aromatic rings. The number of hydrogen-bond donors (Lipinski definition) is 0. The van der Waals surface area contributed by atoms with E-state index in [0.717, 1.165) is 70.1 Å². The van der Waals surface area contributed by atoms with E-state index in [1.54, 1.807) is 0 Å². The Labute approximate surface area is 310 Å². The molecule has 6 heteroatoms. The van der Waals surface area contributed by atoms with Crippen molar-refractivity contribution in [2.24, 2.45) is 5.92 Å². The van der Waals surface area contributed by atoms with Crippen LogP contribution in [0.5, 0.6) is 0 Å². The van der Waals surface area contributed by atoms with E-state index in [0.29, 0.717) is 19.3 Å². The van der Waals surface area contributed by atoms with Crippen LogP contribution in [0.2, 0.25) is 0 Å². The zero-order valence-electron chi connectivity index (χ0n) is 33.9. The Morgan fingerprint density at radius 1 is 0.380 bits per heavy atom. The average Bonchev–Trinajstić information content (AvgIpc) is 3.09. The van der Waals surface area contributed by atoms with Gasteiger partial charge >= 0.3 is 17.9 Å². The molecule has 0 heterocycles. The van der Waals surface area contributed by atoms with Gasteiger partial charge in [-0.3, -0.25) is 14.4 Å². The third-order valence-electron chi connectivity index (χ3n) is 9.79. The Hall–Kier alpha value is -1.59. The van der Waals surface area contributed by atoms with Gasteiger partial charge in [-0.15, -0.1) is 0 Å². The van der Waals surface area contributed by atoms with Gasteiger partial charge in [0.15, 0.2) is 6.10 Å². The summed E-state index contributed by atoms with van der Waals surface area (Å²) in [7, 11) is 0. The van der Waals surface area contributed by atoms with Gasteiger partial charge in [-0.25, -0.2) is 0 Å². The lowest BCUT2D eigenvalue weighted by Gasteiger charge is -2.18. The van der Waals surface area contributed by atoms with Gasteiger partial charge in [0.25, 0.3) is 0 Å². The quantitative estimate of drug-likeness (QED) is 0.0359. The fourth-order valence-electron chi connectivity index (χ4n) is 6.45. The molecule has 0 saturated heterocycles. The molecule has 0 saturated carbocycles. The van der Waals surface area contributed by atoms with Crippen molar-refractivity contribution in [1.82, 2.24) is 0 Å². The second-order valence-corrected chi connectivity index (χ2v) is 15.5. The van der Waals surface area contributed by atoms with Crippen molar-refractivity contribution in [1.29, 1.82) is 0 Å². The highest BCUT2D eigenvalue weighted by Crippen LogP contribution is 2.16. The van der Waals surface area contributed by atoms with E-state index in [1.807, 2.05) is 0 Å². The SMILES string of the molecule is CCCCCCCCCCCC(=O)O[C@H](COC(=O)CCCCCCC)COC(=O)CCCCCCCCCCCCCCCCCC(C)C. The lowest BCUT2D eigenvalue weighted by Crippen LogP contribution is -2.30. The standard InChI is InChI=1S/C44H84O6/c1-5-7-9-11-12-20-25-29-33-37-44(47)50-41(38-48-42(45)35-31-26-10-8-6-2)39-49-43(46)36-32-28-24-22-19-17-15-13-14-16-18-21-23-27-30-34-40(3)4/h40-41H,5-39H2,1-4H3/t41-/m1/s1. The summed E-state index contributed by atoms with van der Waals surface area (Å²) in [6, 6.07) is 0. The van der Waals surface area contributed by atoms with Crippen LogP contribution in [0.1, 0.15) is 240 Å². The van der Waals surface area contributed by atoms with Crippen molar-refractivity contribution in [3.05, 3.63) is 0 Å². The van der Waals surface area contributed by atoms with Gasteiger partial charge in [0.2, 0.25) is 0 Å². The first-order chi connectivity index (χ1) is 24.4. The lowest BCUT2D eigenvalue weighted by molar-refractivity contribution is -0.167. The van der Waals surface area contributed by atoms with E-state index in [1.165, 1.54) is 128 Å².